The number of alkyl halides is 1. The minimum absolute atomic E-state index is 0.128. The van der Waals surface area contributed by atoms with Gasteiger partial charge in [0.15, 0.2) is 23.2 Å². The van der Waals surface area contributed by atoms with Crippen molar-refractivity contribution in [2.75, 3.05) is 5.73 Å². The van der Waals surface area contributed by atoms with Crippen molar-refractivity contribution in [3.63, 3.8) is 0 Å². The fraction of sp³-hybridized carbons (Fsp3) is 0.667. The first-order chi connectivity index (χ1) is 11.5. The Labute approximate surface area is 143 Å². The third-order valence-corrected chi connectivity index (χ3v) is 5.18. The number of halogens is 1. The molecule has 4 atom stereocenters. The predicted molar refractivity (Wildman–Crippen MR) is 87.9 cm³/mol. The van der Waals surface area contributed by atoms with Gasteiger partial charge < -0.3 is 20.3 Å². The molecular weight excluding hydrogens is 334 g/mol. The fourth-order valence-corrected chi connectivity index (χ4v) is 3.72. The smallest absolute Gasteiger partial charge is 0.320 e. The number of hydrogen-bond acceptors (Lipinski definition) is 7. The number of aliphatic hydroxyl groups excluding tert-OH is 1. The normalized spacial score (nSPS) is 31.1. The van der Waals surface area contributed by atoms with Crippen LogP contribution in [0.25, 0.3) is 11.2 Å². The lowest BCUT2D eigenvalue weighted by Crippen LogP contribution is -2.25. The summed E-state index contributed by atoms with van der Waals surface area (Å²) in [5, 5.41) is 9.43. The van der Waals surface area contributed by atoms with Gasteiger partial charge >= 0.3 is 6.01 Å². The van der Waals surface area contributed by atoms with Crippen molar-refractivity contribution in [1.29, 1.82) is 0 Å². The minimum Gasteiger partial charge on any atom is -0.460 e. The molecule has 0 radical (unpaired) electrons. The molecule has 24 heavy (non-hydrogen) atoms. The van der Waals surface area contributed by atoms with Crippen LogP contribution >= 0.6 is 11.6 Å². The van der Waals surface area contributed by atoms with Gasteiger partial charge in [-0.1, -0.05) is 0 Å². The van der Waals surface area contributed by atoms with E-state index in [4.69, 9.17) is 26.8 Å². The Hall–Kier alpha value is -1.64. The first-order valence-electron chi connectivity index (χ1n) is 8.19. The lowest BCUT2D eigenvalue weighted by Gasteiger charge is -2.16. The maximum absolute atomic E-state index is 10.0. The van der Waals surface area contributed by atoms with Crippen LogP contribution in [0.3, 0.4) is 0 Å². The van der Waals surface area contributed by atoms with E-state index in [1.807, 2.05) is 0 Å². The number of anilines is 1. The molecule has 3 heterocycles. The zero-order chi connectivity index (χ0) is 16.8. The summed E-state index contributed by atoms with van der Waals surface area (Å²) in [7, 11) is 0. The zero-order valence-corrected chi connectivity index (χ0v) is 14.1. The van der Waals surface area contributed by atoms with Gasteiger partial charge in [0.05, 0.1) is 12.4 Å². The van der Waals surface area contributed by atoms with E-state index in [-0.39, 0.29) is 24.0 Å². The third-order valence-electron chi connectivity index (χ3n) is 4.71. The SMILES string of the molecule is C[C@H]1O[C@@H](n2cnc3c(N)nc(OC4CCCC4)nc32)[C@@H](Cl)[C@@H]1O. The highest BCUT2D eigenvalue weighted by Crippen LogP contribution is 2.35. The van der Waals surface area contributed by atoms with Gasteiger partial charge in [0, 0.05) is 0 Å². The van der Waals surface area contributed by atoms with Crippen molar-refractivity contribution in [3.05, 3.63) is 6.33 Å². The number of ether oxygens (including phenoxy) is 2. The lowest BCUT2D eigenvalue weighted by molar-refractivity contribution is -0.00613. The molecule has 2 aromatic heterocycles. The molecule has 8 nitrogen and oxygen atoms in total. The van der Waals surface area contributed by atoms with Crippen LogP contribution in [0.5, 0.6) is 6.01 Å². The Morgan fingerprint density at radius 1 is 1.38 bits per heavy atom. The van der Waals surface area contributed by atoms with Crippen LogP contribution in [0.15, 0.2) is 6.33 Å². The molecule has 9 heteroatoms. The van der Waals surface area contributed by atoms with Crippen molar-refractivity contribution in [2.45, 2.75) is 62.5 Å². The molecule has 1 saturated carbocycles. The average molecular weight is 354 g/mol. The van der Waals surface area contributed by atoms with E-state index >= 15 is 0 Å². The lowest BCUT2D eigenvalue weighted by atomic mass is 10.2. The summed E-state index contributed by atoms with van der Waals surface area (Å²) in [6, 6.07) is 0.242. The van der Waals surface area contributed by atoms with Crippen molar-refractivity contribution in [1.82, 2.24) is 19.5 Å². The topological polar surface area (TPSA) is 108 Å². The molecule has 130 valence electrons. The van der Waals surface area contributed by atoms with E-state index in [0.29, 0.717) is 11.2 Å². The van der Waals surface area contributed by atoms with Crippen LogP contribution in [0.1, 0.15) is 38.8 Å². The van der Waals surface area contributed by atoms with Gasteiger partial charge in [-0.05, 0) is 32.6 Å². The molecule has 0 unspecified atom stereocenters. The Balaban J connectivity index is 1.70. The molecule has 2 aliphatic rings. The van der Waals surface area contributed by atoms with Crippen molar-refractivity contribution in [2.24, 2.45) is 0 Å². The fourth-order valence-electron chi connectivity index (χ4n) is 3.33. The van der Waals surface area contributed by atoms with Crippen LogP contribution in [-0.2, 0) is 4.74 Å². The molecule has 0 spiro atoms. The summed E-state index contributed by atoms with van der Waals surface area (Å²) in [5.41, 5.74) is 6.96. The second kappa shape index (κ2) is 6.02. The number of rotatable bonds is 3. The predicted octanol–water partition coefficient (Wildman–Crippen LogP) is 1.62. The standard InChI is InChI=1S/C15H20ClN5O3/c1-7-11(22)9(16)14(23-7)21-6-18-10-12(17)19-15(20-13(10)21)24-8-4-2-3-5-8/h6-9,11,14,22H,2-5H2,1H3,(H2,17,19,20)/t7-,9+,11-,14-/m1/s1. The summed E-state index contributed by atoms with van der Waals surface area (Å²) in [6.45, 7) is 1.77. The molecular formula is C15H20ClN5O3. The van der Waals surface area contributed by atoms with Gasteiger partial charge in [-0.3, -0.25) is 4.57 Å². The van der Waals surface area contributed by atoms with E-state index in [1.54, 1.807) is 17.8 Å². The van der Waals surface area contributed by atoms with Crippen LogP contribution in [0, 0.1) is 0 Å². The van der Waals surface area contributed by atoms with Crippen molar-refractivity contribution < 1.29 is 14.6 Å². The van der Waals surface area contributed by atoms with E-state index in [9.17, 15) is 5.11 Å². The van der Waals surface area contributed by atoms with E-state index in [2.05, 4.69) is 15.0 Å². The number of imidazole rings is 1. The summed E-state index contributed by atoms with van der Waals surface area (Å²) in [6.07, 6.45) is 4.28. The zero-order valence-electron chi connectivity index (χ0n) is 13.3. The van der Waals surface area contributed by atoms with Crippen LogP contribution in [0.4, 0.5) is 5.82 Å². The Morgan fingerprint density at radius 2 is 2.12 bits per heavy atom. The summed E-state index contributed by atoms with van der Waals surface area (Å²) >= 11 is 6.30. The molecule has 0 bridgehead atoms. The van der Waals surface area contributed by atoms with Crippen molar-refractivity contribution >= 4 is 28.6 Å². The second-order valence-electron chi connectivity index (χ2n) is 6.41. The van der Waals surface area contributed by atoms with Gasteiger partial charge in [0.2, 0.25) is 0 Å². The van der Waals surface area contributed by atoms with Crippen molar-refractivity contribution in [3.8, 4) is 6.01 Å². The molecule has 1 aliphatic carbocycles. The summed E-state index contributed by atoms with van der Waals surface area (Å²) < 4.78 is 13.3. The molecule has 3 N–H and O–H groups in total. The minimum atomic E-state index is -0.762. The highest BCUT2D eigenvalue weighted by Gasteiger charge is 2.42. The monoisotopic (exact) mass is 353 g/mol. The van der Waals surface area contributed by atoms with Gasteiger partial charge in [0.1, 0.15) is 17.6 Å². The maximum Gasteiger partial charge on any atom is 0.320 e. The molecule has 0 aromatic carbocycles. The van der Waals surface area contributed by atoms with Crippen LogP contribution in [0.2, 0.25) is 0 Å². The number of nitrogens with zero attached hydrogens (tertiary/aromatic N) is 4. The molecule has 0 amide bonds. The maximum atomic E-state index is 10.0. The molecule has 2 aromatic rings. The number of fused-ring (bicyclic) bond motifs is 1. The van der Waals surface area contributed by atoms with E-state index < -0.39 is 17.7 Å². The van der Waals surface area contributed by atoms with Gasteiger partial charge in [-0.25, -0.2) is 4.98 Å². The average Bonchev–Trinajstić information content (AvgIpc) is 3.25. The number of hydrogen-bond donors (Lipinski definition) is 2. The number of aromatic nitrogens is 4. The molecule has 1 saturated heterocycles. The summed E-state index contributed by atoms with van der Waals surface area (Å²) in [4.78, 5) is 12.9. The van der Waals surface area contributed by atoms with Gasteiger partial charge in [0.25, 0.3) is 0 Å². The van der Waals surface area contributed by atoms with Crippen LogP contribution < -0.4 is 10.5 Å². The molecule has 1 aliphatic heterocycles. The number of nitrogen functional groups attached to an aromatic ring is 1. The first-order valence-corrected chi connectivity index (χ1v) is 8.62. The quantitative estimate of drug-likeness (QED) is 0.807. The first kappa shape index (κ1) is 15.9. The third kappa shape index (κ3) is 2.58. The van der Waals surface area contributed by atoms with E-state index in [0.717, 1.165) is 25.7 Å². The van der Waals surface area contributed by atoms with E-state index in [1.165, 1.54) is 0 Å². The summed E-state index contributed by atoms with van der Waals surface area (Å²) in [5.74, 6) is 0.254. The van der Waals surface area contributed by atoms with Gasteiger partial charge in [-0.2, -0.15) is 9.97 Å². The second-order valence-corrected chi connectivity index (χ2v) is 6.91. The Kier molecular flexibility index (Phi) is 3.98. The number of aliphatic hydroxyl groups is 1. The number of nitrogens with two attached hydrogens (primary N) is 1. The Morgan fingerprint density at radius 3 is 2.79 bits per heavy atom. The Bertz CT molecular complexity index is 748. The largest absolute Gasteiger partial charge is 0.460 e. The van der Waals surface area contributed by atoms with Gasteiger partial charge in [-0.15, -0.1) is 11.6 Å². The molecule has 4 rings (SSSR count). The highest BCUT2D eigenvalue weighted by atomic mass is 35.5. The highest BCUT2D eigenvalue weighted by molar-refractivity contribution is 6.21. The van der Waals surface area contributed by atoms with Crippen LogP contribution in [-0.4, -0.2) is 48.3 Å². The molecule has 2 fully saturated rings.